The Morgan fingerprint density at radius 3 is 2.71 bits per heavy atom. The molecule has 1 rings (SSSR count). The summed E-state index contributed by atoms with van der Waals surface area (Å²) in [6.07, 6.45) is 5.27. The highest BCUT2D eigenvalue weighted by Crippen LogP contribution is 2.05. The third-order valence-corrected chi connectivity index (χ3v) is 2.54. The predicted octanol–water partition coefficient (Wildman–Crippen LogP) is 1.36. The Labute approximate surface area is 101 Å². The van der Waals surface area contributed by atoms with Gasteiger partial charge in [-0.1, -0.05) is 0 Å². The summed E-state index contributed by atoms with van der Waals surface area (Å²) in [6, 6.07) is 0. The lowest BCUT2D eigenvalue weighted by atomic mass is 10.1. The first kappa shape index (κ1) is 13.4. The van der Waals surface area contributed by atoms with Crippen molar-refractivity contribution in [1.29, 1.82) is 0 Å². The molecule has 0 aliphatic rings. The molecule has 5 nitrogen and oxygen atoms in total. The highest BCUT2D eigenvalue weighted by molar-refractivity contribution is 5.82. The van der Waals surface area contributed by atoms with E-state index in [0.29, 0.717) is 12.8 Å². The van der Waals surface area contributed by atoms with Crippen molar-refractivity contribution >= 4 is 11.8 Å². The van der Waals surface area contributed by atoms with Crippen LogP contribution in [-0.2, 0) is 27.3 Å². The molecule has 1 aromatic rings. The number of hydrogen-bond acceptors (Lipinski definition) is 4. The monoisotopic (exact) mass is 238 g/mol. The summed E-state index contributed by atoms with van der Waals surface area (Å²) >= 11 is 0. The summed E-state index contributed by atoms with van der Waals surface area (Å²) in [5.74, 6) is -0.253. The zero-order valence-electron chi connectivity index (χ0n) is 10.3. The van der Waals surface area contributed by atoms with Crippen LogP contribution in [0.3, 0.4) is 0 Å². The first-order valence-electron chi connectivity index (χ1n) is 5.75. The molecule has 0 amide bonds. The molecule has 0 aliphatic heterocycles. The lowest BCUT2D eigenvalue weighted by Gasteiger charge is -1.99. The Morgan fingerprint density at radius 1 is 1.35 bits per heavy atom. The van der Waals surface area contributed by atoms with Gasteiger partial charge in [0.25, 0.3) is 0 Å². The topological polar surface area (TPSA) is 61.2 Å². The van der Waals surface area contributed by atoms with E-state index in [0.717, 1.165) is 12.1 Å². The molecule has 0 aliphatic carbocycles. The molecule has 1 heterocycles. The van der Waals surface area contributed by atoms with Gasteiger partial charge in [0.2, 0.25) is 0 Å². The van der Waals surface area contributed by atoms with Crippen molar-refractivity contribution in [3.05, 3.63) is 18.0 Å². The zero-order chi connectivity index (χ0) is 12.7. The fourth-order valence-corrected chi connectivity index (χ4v) is 1.46. The fraction of sp³-hybridized carbons (Fsp3) is 0.583. The molecule has 0 fully saturated rings. The largest absolute Gasteiger partial charge is 0.469 e. The van der Waals surface area contributed by atoms with Crippen molar-refractivity contribution in [1.82, 2.24) is 9.78 Å². The van der Waals surface area contributed by atoms with E-state index in [4.69, 9.17) is 0 Å². The molecule has 0 aromatic carbocycles. The first-order valence-corrected chi connectivity index (χ1v) is 5.75. The highest BCUT2D eigenvalue weighted by atomic mass is 16.5. The summed E-state index contributed by atoms with van der Waals surface area (Å²) in [4.78, 5) is 22.3. The molecule has 1 aromatic heterocycles. The minimum Gasteiger partial charge on any atom is -0.469 e. The number of Topliss-reactive ketones (excluding diaryl/α,β-unsaturated/α-hetero) is 1. The van der Waals surface area contributed by atoms with Crippen molar-refractivity contribution in [3.63, 3.8) is 0 Å². The third kappa shape index (κ3) is 4.80. The van der Waals surface area contributed by atoms with Gasteiger partial charge < -0.3 is 4.74 Å². The van der Waals surface area contributed by atoms with Crippen LogP contribution in [-0.4, -0.2) is 28.6 Å². The molecule has 0 bridgehead atoms. The van der Waals surface area contributed by atoms with Gasteiger partial charge in [-0.15, -0.1) is 0 Å². The standard InChI is InChI=1S/C12H18N2O3/c1-3-14-9-10(8-13-14)4-5-11(15)6-7-12(16)17-2/h8-9H,3-7H2,1-2H3. The summed E-state index contributed by atoms with van der Waals surface area (Å²) in [6.45, 7) is 2.84. The first-order chi connectivity index (χ1) is 8.15. The molecule has 0 N–H and O–H groups in total. The van der Waals surface area contributed by atoms with Gasteiger partial charge in [0.05, 0.1) is 19.7 Å². The number of aryl methyl sites for hydroxylation is 2. The van der Waals surface area contributed by atoms with Crippen LogP contribution in [0, 0.1) is 0 Å². The number of ketones is 1. The number of aromatic nitrogens is 2. The van der Waals surface area contributed by atoms with Crippen LogP contribution in [0.5, 0.6) is 0 Å². The Bertz CT molecular complexity index is 385. The quantitative estimate of drug-likeness (QED) is 0.673. The van der Waals surface area contributed by atoms with E-state index in [1.165, 1.54) is 7.11 Å². The highest BCUT2D eigenvalue weighted by Gasteiger charge is 2.07. The van der Waals surface area contributed by atoms with Gasteiger partial charge in [-0.05, 0) is 18.9 Å². The Morgan fingerprint density at radius 2 is 2.12 bits per heavy atom. The molecule has 5 heteroatoms. The second-order valence-electron chi connectivity index (χ2n) is 3.82. The van der Waals surface area contributed by atoms with Crippen molar-refractivity contribution in [2.45, 2.75) is 39.2 Å². The lowest BCUT2D eigenvalue weighted by molar-refractivity contribution is -0.141. The van der Waals surface area contributed by atoms with Crippen LogP contribution < -0.4 is 0 Å². The number of ether oxygens (including phenoxy) is 1. The van der Waals surface area contributed by atoms with Crippen molar-refractivity contribution in [3.8, 4) is 0 Å². The Hall–Kier alpha value is -1.65. The van der Waals surface area contributed by atoms with E-state index in [1.54, 1.807) is 6.20 Å². The van der Waals surface area contributed by atoms with Gasteiger partial charge in [0, 0.05) is 25.6 Å². The second kappa shape index (κ2) is 6.83. The van der Waals surface area contributed by atoms with Crippen molar-refractivity contribution in [2.75, 3.05) is 7.11 Å². The normalized spacial score (nSPS) is 10.2. The van der Waals surface area contributed by atoms with Gasteiger partial charge >= 0.3 is 5.97 Å². The van der Waals surface area contributed by atoms with Crippen LogP contribution in [0.1, 0.15) is 31.7 Å². The minimum absolute atomic E-state index is 0.0830. The van der Waals surface area contributed by atoms with E-state index in [2.05, 4.69) is 9.84 Å². The third-order valence-electron chi connectivity index (χ3n) is 2.54. The molecule has 0 atom stereocenters. The van der Waals surface area contributed by atoms with Gasteiger partial charge in [0.1, 0.15) is 5.78 Å². The molecule has 94 valence electrons. The van der Waals surface area contributed by atoms with Gasteiger partial charge in [-0.2, -0.15) is 5.10 Å². The number of rotatable bonds is 7. The zero-order valence-corrected chi connectivity index (χ0v) is 10.3. The molecule has 0 spiro atoms. The number of carbonyl (C=O) groups is 2. The van der Waals surface area contributed by atoms with E-state index in [-0.39, 0.29) is 24.6 Å². The van der Waals surface area contributed by atoms with Crippen molar-refractivity contribution < 1.29 is 14.3 Å². The predicted molar refractivity (Wildman–Crippen MR) is 62.5 cm³/mol. The maximum absolute atomic E-state index is 11.5. The average Bonchev–Trinajstić information content (AvgIpc) is 2.81. The van der Waals surface area contributed by atoms with E-state index < -0.39 is 0 Å². The number of esters is 1. The van der Waals surface area contributed by atoms with E-state index >= 15 is 0 Å². The smallest absolute Gasteiger partial charge is 0.305 e. The fourth-order valence-electron chi connectivity index (χ4n) is 1.46. The summed E-state index contributed by atoms with van der Waals surface area (Å²) in [5.41, 5.74) is 1.05. The second-order valence-corrected chi connectivity index (χ2v) is 3.82. The average molecular weight is 238 g/mol. The van der Waals surface area contributed by atoms with Crippen LogP contribution in [0.2, 0.25) is 0 Å². The van der Waals surface area contributed by atoms with Crippen LogP contribution in [0.15, 0.2) is 12.4 Å². The number of nitrogens with zero attached hydrogens (tertiary/aromatic N) is 2. The maximum atomic E-state index is 11.5. The van der Waals surface area contributed by atoms with Crippen LogP contribution in [0.25, 0.3) is 0 Å². The molecule has 0 unspecified atom stereocenters. The Balaban J connectivity index is 2.25. The summed E-state index contributed by atoms with van der Waals surface area (Å²) < 4.78 is 6.30. The molecular weight excluding hydrogens is 220 g/mol. The van der Waals surface area contributed by atoms with E-state index in [1.807, 2.05) is 17.8 Å². The maximum Gasteiger partial charge on any atom is 0.305 e. The van der Waals surface area contributed by atoms with Gasteiger partial charge in [-0.3, -0.25) is 14.3 Å². The number of hydrogen-bond donors (Lipinski definition) is 0. The molecule has 17 heavy (non-hydrogen) atoms. The molecular formula is C12H18N2O3. The number of carbonyl (C=O) groups excluding carboxylic acids is 2. The minimum atomic E-state index is -0.336. The van der Waals surface area contributed by atoms with Crippen LogP contribution in [0.4, 0.5) is 0 Å². The lowest BCUT2D eigenvalue weighted by Crippen LogP contribution is -2.06. The molecule has 0 saturated heterocycles. The molecule has 0 radical (unpaired) electrons. The number of methoxy groups -OCH3 is 1. The van der Waals surface area contributed by atoms with Crippen LogP contribution >= 0.6 is 0 Å². The molecule has 0 saturated carbocycles. The van der Waals surface area contributed by atoms with Gasteiger partial charge in [0.15, 0.2) is 0 Å². The summed E-state index contributed by atoms with van der Waals surface area (Å²) in [5, 5.41) is 4.13. The van der Waals surface area contributed by atoms with Crippen molar-refractivity contribution in [2.24, 2.45) is 0 Å². The SMILES string of the molecule is CCn1cc(CCC(=O)CCC(=O)OC)cn1. The van der Waals surface area contributed by atoms with E-state index in [9.17, 15) is 9.59 Å². The summed E-state index contributed by atoms with van der Waals surface area (Å²) in [7, 11) is 1.33. The Kier molecular flexibility index (Phi) is 5.39. The van der Waals surface area contributed by atoms with Gasteiger partial charge in [-0.25, -0.2) is 0 Å².